The van der Waals surface area contributed by atoms with E-state index in [1.54, 1.807) is 12.1 Å². The van der Waals surface area contributed by atoms with Crippen LogP contribution in [0.15, 0.2) is 53.7 Å². The number of nitrogens with zero attached hydrogens (tertiary/aromatic N) is 1. The second-order valence-electron chi connectivity index (χ2n) is 4.39. The van der Waals surface area contributed by atoms with Gasteiger partial charge in [-0.2, -0.15) is 0 Å². The summed E-state index contributed by atoms with van der Waals surface area (Å²) in [6.45, 7) is 2.21. The number of halogens is 2. The fraction of sp³-hybridized carbons (Fsp3) is 0.188. The highest BCUT2D eigenvalue weighted by molar-refractivity contribution is 5.79. The summed E-state index contributed by atoms with van der Waals surface area (Å²) in [5.74, 6) is 0. The zero-order valence-electron chi connectivity index (χ0n) is 11.0. The van der Waals surface area contributed by atoms with E-state index in [0.717, 1.165) is 16.7 Å². The average molecular weight is 274 g/mol. The second-order valence-corrected chi connectivity index (χ2v) is 4.39. The van der Waals surface area contributed by atoms with Crippen molar-refractivity contribution in [3.8, 4) is 0 Å². The van der Waals surface area contributed by atoms with Crippen molar-refractivity contribution < 1.29 is 13.6 Å². The molecule has 103 valence electrons. The topological polar surface area (TPSA) is 21.6 Å². The molecule has 0 spiro atoms. The molecule has 2 aromatic rings. The van der Waals surface area contributed by atoms with Crippen molar-refractivity contribution in [3.63, 3.8) is 0 Å². The Bertz CT molecular complexity index is 579. The summed E-state index contributed by atoms with van der Waals surface area (Å²) >= 11 is 0. The first-order chi connectivity index (χ1) is 9.65. The Morgan fingerprint density at radius 1 is 1.15 bits per heavy atom. The third-order valence-corrected chi connectivity index (χ3v) is 2.72. The smallest absolute Gasteiger partial charge is 0.263 e. The van der Waals surface area contributed by atoms with Gasteiger partial charge in [0.25, 0.3) is 6.43 Å². The van der Waals surface area contributed by atoms with Crippen LogP contribution in [-0.4, -0.2) is 6.21 Å². The molecule has 0 saturated carbocycles. The third-order valence-electron chi connectivity index (χ3n) is 2.72. The maximum absolute atomic E-state index is 12.4. The number of hydrogen-bond acceptors (Lipinski definition) is 2. The van der Waals surface area contributed by atoms with E-state index >= 15 is 0 Å². The molecule has 2 nitrogen and oxygen atoms in total. The van der Waals surface area contributed by atoms with Gasteiger partial charge in [-0.1, -0.05) is 53.2 Å². The lowest BCUT2D eigenvalue weighted by molar-refractivity contribution is 0.131. The predicted octanol–water partition coefficient (Wildman–Crippen LogP) is 4.36. The van der Waals surface area contributed by atoms with E-state index in [1.807, 2.05) is 31.2 Å². The van der Waals surface area contributed by atoms with E-state index < -0.39 is 6.43 Å². The van der Waals surface area contributed by atoms with Crippen molar-refractivity contribution in [1.82, 2.24) is 0 Å². The van der Waals surface area contributed by atoms with E-state index in [-0.39, 0.29) is 12.2 Å². The van der Waals surface area contributed by atoms with Gasteiger partial charge in [-0.3, -0.25) is 0 Å². The molecule has 0 saturated heterocycles. The summed E-state index contributed by atoms with van der Waals surface area (Å²) in [7, 11) is 0. The molecule has 0 fully saturated rings. The van der Waals surface area contributed by atoms with Crippen molar-refractivity contribution in [2.24, 2.45) is 5.16 Å². The second kappa shape index (κ2) is 6.80. The van der Waals surface area contributed by atoms with E-state index in [9.17, 15) is 8.78 Å². The van der Waals surface area contributed by atoms with Crippen LogP contribution in [0.4, 0.5) is 8.78 Å². The first-order valence-electron chi connectivity index (χ1n) is 6.17. The van der Waals surface area contributed by atoms with Crippen molar-refractivity contribution in [1.29, 1.82) is 0 Å². The van der Waals surface area contributed by atoms with Crippen LogP contribution in [0.25, 0.3) is 0 Å². The predicted molar refractivity (Wildman–Crippen MR) is 73.9 cm³/mol. The van der Waals surface area contributed by atoms with E-state index in [1.165, 1.54) is 12.1 Å². The van der Waals surface area contributed by atoms with Crippen LogP contribution >= 0.6 is 0 Å². The number of rotatable bonds is 5. The van der Waals surface area contributed by atoms with Crippen molar-refractivity contribution in [2.45, 2.75) is 20.0 Å². The number of benzene rings is 2. The molecule has 2 aromatic carbocycles. The Hall–Kier alpha value is -2.23. The van der Waals surface area contributed by atoms with Crippen molar-refractivity contribution in [2.75, 3.05) is 0 Å². The van der Waals surface area contributed by atoms with Gasteiger partial charge >= 0.3 is 0 Å². The molecule has 0 heterocycles. The highest BCUT2D eigenvalue weighted by atomic mass is 19.3. The minimum Gasteiger partial charge on any atom is -0.390 e. The summed E-state index contributed by atoms with van der Waals surface area (Å²) in [5, 5.41) is 3.74. The lowest BCUT2D eigenvalue weighted by Crippen LogP contribution is -1.90. The Morgan fingerprint density at radius 3 is 2.55 bits per heavy atom. The monoisotopic (exact) mass is 274 g/mol. The lowest BCUT2D eigenvalue weighted by atomic mass is 10.1. The maximum atomic E-state index is 12.4. The Labute approximate surface area is 116 Å². The van der Waals surface area contributed by atoms with Crippen LogP contribution in [0.1, 0.15) is 28.7 Å². The Morgan fingerprint density at radius 2 is 1.90 bits per heavy atom. The van der Waals surface area contributed by atoms with Crippen LogP contribution < -0.4 is 0 Å². The van der Waals surface area contributed by atoms with E-state index in [4.69, 9.17) is 4.84 Å². The summed E-state index contributed by atoms with van der Waals surface area (Å²) in [6.07, 6.45) is 0.321. The highest BCUT2D eigenvalue weighted by Crippen LogP contribution is 2.18. The molecule has 2 rings (SSSR count). The van der Waals surface area contributed by atoms with Crippen molar-refractivity contribution in [3.05, 3.63) is 70.8 Å². The van der Waals surface area contributed by atoms with Gasteiger partial charge in [0.05, 0.1) is 0 Å². The lowest BCUT2D eigenvalue weighted by Gasteiger charge is -2.02. The number of alkyl halides is 2. The fourth-order valence-corrected chi connectivity index (χ4v) is 1.67. The van der Waals surface area contributed by atoms with Gasteiger partial charge < -0.3 is 4.84 Å². The van der Waals surface area contributed by atoms with Gasteiger partial charge in [-0.25, -0.2) is 8.78 Å². The first-order valence-corrected chi connectivity index (χ1v) is 6.17. The summed E-state index contributed by atoms with van der Waals surface area (Å²) in [5.41, 5.74) is 2.73. The summed E-state index contributed by atoms with van der Waals surface area (Å²) in [4.78, 5) is 5.09. The summed E-state index contributed by atoms with van der Waals surface area (Å²) in [6, 6.07) is 13.7. The molecule has 0 aromatic heterocycles. The van der Waals surface area contributed by atoms with Crippen LogP contribution in [0.2, 0.25) is 0 Å². The maximum Gasteiger partial charge on any atom is 0.263 e. The van der Waals surface area contributed by atoms with Gasteiger partial charge in [0.1, 0.15) is 12.8 Å². The van der Waals surface area contributed by atoms with Crippen LogP contribution in [0.5, 0.6) is 0 Å². The van der Waals surface area contributed by atoms with E-state index in [0.29, 0.717) is 0 Å². The van der Waals surface area contributed by atoms with E-state index in [2.05, 4.69) is 11.4 Å². The summed E-state index contributed by atoms with van der Waals surface area (Å²) < 4.78 is 24.7. The minimum atomic E-state index is -2.45. The van der Waals surface area contributed by atoms with Crippen LogP contribution in [0, 0.1) is 6.92 Å². The molecule has 0 N–H and O–H groups in total. The number of aryl methyl sites for hydroxylation is 1. The molecular formula is C16H14F2NO. The van der Waals surface area contributed by atoms with Gasteiger partial charge in [0.15, 0.2) is 0 Å². The normalized spacial score (nSPS) is 11.2. The zero-order chi connectivity index (χ0) is 14.4. The zero-order valence-corrected chi connectivity index (χ0v) is 11.0. The molecule has 1 radical (unpaired) electrons. The molecular weight excluding hydrogens is 260 g/mol. The molecule has 4 heteroatoms. The first kappa shape index (κ1) is 14.2. The fourth-order valence-electron chi connectivity index (χ4n) is 1.67. The van der Waals surface area contributed by atoms with Crippen molar-refractivity contribution >= 4 is 6.21 Å². The molecule has 20 heavy (non-hydrogen) atoms. The van der Waals surface area contributed by atoms with Crippen LogP contribution in [-0.2, 0) is 11.4 Å². The third kappa shape index (κ3) is 4.16. The molecule has 0 bridgehead atoms. The Kier molecular flexibility index (Phi) is 4.82. The van der Waals surface area contributed by atoms with Crippen LogP contribution in [0.3, 0.4) is 0 Å². The SMILES string of the molecule is Cc1cccc(/[C]=N\OCc2ccc(C(F)F)cc2)c1. The average Bonchev–Trinajstić information content (AvgIpc) is 2.44. The minimum absolute atomic E-state index is 0.00331. The van der Waals surface area contributed by atoms with Gasteiger partial charge in [-0.05, 0) is 18.6 Å². The quantitative estimate of drug-likeness (QED) is 0.586. The molecule has 0 aliphatic heterocycles. The highest BCUT2D eigenvalue weighted by Gasteiger charge is 2.05. The molecule has 0 amide bonds. The Balaban J connectivity index is 1.86. The van der Waals surface area contributed by atoms with Gasteiger partial charge in [0.2, 0.25) is 0 Å². The molecule has 0 aliphatic carbocycles. The van der Waals surface area contributed by atoms with Gasteiger partial charge in [-0.15, -0.1) is 0 Å². The molecule has 0 aliphatic rings. The standard InChI is InChI=1S/C16H14F2NO/c1-12-3-2-4-14(9-12)10-19-20-11-13-5-7-15(8-6-13)16(17)18/h2-9,16H,11H2,1H3. The number of hydrogen-bond donors (Lipinski definition) is 0. The molecule has 0 unspecified atom stereocenters. The largest absolute Gasteiger partial charge is 0.390 e. The molecule has 0 atom stereocenters. The van der Waals surface area contributed by atoms with Gasteiger partial charge in [0, 0.05) is 11.1 Å².